The quantitative estimate of drug-likeness (QED) is 0.756. The van der Waals surface area contributed by atoms with Gasteiger partial charge in [0.05, 0.1) is 7.11 Å². The van der Waals surface area contributed by atoms with E-state index in [-0.39, 0.29) is 24.3 Å². The second kappa shape index (κ2) is 6.20. The summed E-state index contributed by atoms with van der Waals surface area (Å²) in [4.78, 5) is 15.2. The summed E-state index contributed by atoms with van der Waals surface area (Å²) >= 11 is 0. The summed E-state index contributed by atoms with van der Waals surface area (Å²) in [5, 5.41) is 12.2. The Morgan fingerprint density at radius 1 is 1.59 bits per heavy atom. The van der Waals surface area contributed by atoms with Gasteiger partial charge in [-0.1, -0.05) is 6.92 Å². The van der Waals surface area contributed by atoms with Crippen LogP contribution >= 0.6 is 0 Å². The first-order valence-corrected chi connectivity index (χ1v) is 5.50. The summed E-state index contributed by atoms with van der Waals surface area (Å²) in [6.07, 6.45) is 1.55. The fourth-order valence-electron chi connectivity index (χ4n) is 1.30. The maximum Gasteiger partial charge on any atom is 0.356 e. The van der Waals surface area contributed by atoms with Crippen molar-refractivity contribution < 1.29 is 14.6 Å². The third kappa shape index (κ3) is 3.71. The average molecular weight is 238 g/mol. The van der Waals surface area contributed by atoms with Gasteiger partial charge in [0, 0.05) is 24.5 Å². The number of nitrogens with one attached hydrogen (secondary N) is 1. The van der Waals surface area contributed by atoms with Gasteiger partial charge in [0.1, 0.15) is 5.69 Å². The number of anilines is 1. The third-order valence-electron chi connectivity index (χ3n) is 2.69. The van der Waals surface area contributed by atoms with Gasteiger partial charge in [0.15, 0.2) is 0 Å². The number of methoxy groups -OCH3 is 1. The van der Waals surface area contributed by atoms with E-state index in [4.69, 9.17) is 5.11 Å². The lowest BCUT2D eigenvalue weighted by Gasteiger charge is -2.20. The van der Waals surface area contributed by atoms with E-state index in [1.165, 1.54) is 7.11 Å². The largest absolute Gasteiger partial charge is 0.464 e. The number of aromatic nitrogens is 1. The van der Waals surface area contributed by atoms with Crippen LogP contribution in [0.3, 0.4) is 0 Å². The molecule has 5 nitrogen and oxygen atoms in total. The molecule has 2 unspecified atom stereocenters. The van der Waals surface area contributed by atoms with Crippen LogP contribution in [0.1, 0.15) is 24.3 Å². The summed E-state index contributed by atoms with van der Waals surface area (Å²) in [5.41, 5.74) is 1.05. The minimum atomic E-state index is -0.462. The Balaban J connectivity index is 2.75. The lowest BCUT2D eigenvalue weighted by molar-refractivity contribution is 0.0594. The van der Waals surface area contributed by atoms with Gasteiger partial charge >= 0.3 is 5.97 Å². The molecule has 1 heterocycles. The molecule has 2 atom stereocenters. The minimum Gasteiger partial charge on any atom is -0.464 e. The van der Waals surface area contributed by atoms with Crippen LogP contribution in [0.2, 0.25) is 0 Å². The summed E-state index contributed by atoms with van der Waals surface area (Å²) in [7, 11) is 1.32. The lowest BCUT2D eigenvalue weighted by Crippen LogP contribution is -2.26. The zero-order valence-electron chi connectivity index (χ0n) is 10.3. The SMILES string of the molecule is COC(=O)c1cc(NC(C)C(C)CO)ccn1. The van der Waals surface area contributed by atoms with E-state index in [1.54, 1.807) is 18.3 Å². The molecule has 2 N–H and O–H groups in total. The van der Waals surface area contributed by atoms with E-state index in [0.717, 1.165) is 5.69 Å². The molecular formula is C12H18N2O3. The topological polar surface area (TPSA) is 71.5 Å². The van der Waals surface area contributed by atoms with E-state index < -0.39 is 5.97 Å². The number of rotatable bonds is 5. The number of esters is 1. The molecule has 0 aliphatic heterocycles. The van der Waals surface area contributed by atoms with Gasteiger partial charge in [-0.05, 0) is 25.0 Å². The molecule has 0 saturated carbocycles. The Morgan fingerprint density at radius 3 is 2.88 bits per heavy atom. The fourth-order valence-corrected chi connectivity index (χ4v) is 1.30. The zero-order chi connectivity index (χ0) is 12.8. The lowest BCUT2D eigenvalue weighted by atomic mass is 10.1. The molecule has 17 heavy (non-hydrogen) atoms. The Morgan fingerprint density at radius 2 is 2.29 bits per heavy atom. The molecule has 1 aromatic rings. The highest BCUT2D eigenvalue weighted by molar-refractivity contribution is 5.88. The van der Waals surface area contributed by atoms with Gasteiger partial charge in [-0.25, -0.2) is 9.78 Å². The first-order chi connectivity index (χ1) is 8.08. The molecule has 1 rings (SSSR count). The molecule has 0 aliphatic carbocycles. The van der Waals surface area contributed by atoms with Crippen molar-refractivity contribution in [2.75, 3.05) is 19.0 Å². The summed E-state index contributed by atoms with van der Waals surface area (Å²) < 4.78 is 4.60. The second-order valence-electron chi connectivity index (χ2n) is 4.01. The van der Waals surface area contributed by atoms with Gasteiger partial charge in [0.2, 0.25) is 0 Å². The summed E-state index contributed by atoms with van der Waals surface area (Å²) in [6, 6.07) is 3.51. The Kier molecular flexibility index (Phi) is 4.90. The molecule has 0 bridgehead atoms. The Labute approximate surface area is 101 Å². The number of carbonyl (C=O) groups excluding carboxylic acids is 1. The number of aliphatic hydroxyl groups is 1. The normalized spacial score (nSPS) is 13.9. The van der Waals surface area contributed by atoms with Crippen LogP contribution in [0, 0.1) is 5.92 Å². The van der Waals surface area contributed by atoms with E-state index in [1.807, 2.05) is 13.8 Å². The summed E-state index contributed by atoms with van der Waals surface area (Å²) in [5.74, 6) is -0.332. The van der Waals surface area contributed by atoms with Crippen LogP contribution in [-0.2, 0) is 4.74 Å². The van der Waals surface area contributed by atoms with Crippen molar-refractivity contribution >= 4 is 11.7 Å². The molecule has 94 valence electrons. The third-order valence-corrected chi connectivity index (χ3v) is 2.69. The van der Waals surface area contributed by atoms with E-state index in [2.05, 4.69) is 15.0 Å². The number of aliphatic hydroxyl groups excluding tert-OH is 1. The van der Waals surface area contributed by atoms with Crippen LogP contribution in [0.15, 0.2) is 18.3 Å². The predicted octanol–water partition coefficient (Wildman–Crippen LogP) is 1.30. The molecule has 0 saturated heterocycles. The fraction of sp³-hybridized carbons (Fsp3) is 0.500. The Bertz CT molecular complexity index is 382. The number of pyridine rings is 1. The number of carbonyl (C=O) groups is 1. The van der Waals surface area contributed by atoms with Crippen molar-refractivity contribution in [2.45, 2.75) is 19.9 Å². The predicted molar refractivity (Wildman–Crippen MR) is 64.9 cm³/mol. The number of ether oxygens (including phenoxy) is 1. The van der Waals surface area contributed by atoms with Crippen molar-refractivity contribution in [1.29, 1.82) is 0 Å². The zero-order valence-corrected chi connectivity index (χ0v) is 10.3. The number of hydrogen-bond donors (Lipinski definition) is 2. The molecule has 1 aromatic heterocycles. The highest BCUT2D eigenvalue weighted by atomic mass is 16.5. The van der Waals surface area contributed by atoms with E-state index >= 15 is 0 Å². The minimum absolute atomic E-state index is 0.105. The highest BCUT2D eigenvalue weighted by Gasteiger charge is 2.12. The smallest absolute Gasteiger partial charge is 0.356 e. The molecule has 0 amide bonds. The summed E-state index contributed by atoms with van der Waals surface area (Å²) in [6.45, 7) is 4.03. The van der Waals surface area contributed by atoms with Crippen molar-refractivity contribution in [3.63, 3.8) is 0 Å². The maximum absolute atomic E-state index is 11.3. The van der Waals surface area contributed by atoms with Gasteiger partial charge < -0.3 is 15.2 Å². The molecule has 0 aliphatic rings. The molecule has 0 spiro atoms. The molecule has 0 fully saturated rings. The number of hydrogen-bond acceptors (Lipinski definition) is 5. The Hall–Kier alpha value is -1.62. The maximum atomic E-state index is 11.3. The van der Waals surface area contributed by atoms with Crippen LogP contribution in [0.25, 0.3) is 0 Å². The monoisotopic (exact) mass is 238 g/mol. The van der Waals surface area contributed by atoms with Gasteiger partial charge in [-0.3, -0.25) is 0 Å². The van der Waals surface area contributed by atoms with Crippen molar-refractivity contribution in [1.82, 2.24) is 4.98 Å². The molecule has 0 aromatic carbocycles. The first-order valence-electron chi connectivity index (χ1n) is 5.50. The van der Waals surface area contributed by atoms with Crippen LogP contribution in [0.4, 0.5) is 5.69 Å². The standard InChI is InChI=1S/C12H18N2O3/c1-8(7-15)9(2)14-10-4-5-13-11(6-10)12(16)17-3/h4-6,8-9,15H,7H2,1-3H3,(H,13,14). The van der Waals surface area contributed by atoms with Crippen LogP contribution in [-0.4, -0.2) is 35.8 Å². The van der Waals surface area contributed by atoms with Crippen molar-refractivity contribution in [3.8, 4) is 0 Å². The van der Waals surface area contributed by atoms with Gasteiger partial charge in [-0.2, -0.15) is 0 Å². The second-order valence-corrected chi connectivity index (χ2v) is 4.01. The van der Waals surface area contributed by atoms with Crippen molar-refractivity contribution in [2.24, 2.45) is 5.92 Å². The first kappa shape index (κ1) is 13.4. The van der Waals surface area contributed by atoms with Crippen LogP contribution < -0.4 is 5.32 Å². The van der Waals surface area contributed by atoms with Gasteiger partial charge in [-0.15, -0.1) is 0 Å². The molecule has 5 heteroatoms. The molecular weight excluding hydrogens is 220 g/mol. The molecule has 0 radical (unpaired) electrons. The van der Waals surface area contributed by atoms with E-state index in [0.29, 0.717) is 0 Å². The highest BCUT2D eigenvalue weighted by Crippen LogP contribution is 2.13. The van der Waals surface area contributed by atoms with Gasteiger partial charge in [0.25, 0.3) is 0 Å². The average Bonchev–Trinajstić information content (AvgIpc) is 2.37. The van der Waals surface area contributed by atoms with Crippen molar-refractivity contribution in [3.05, 3.63) is 24.0 Å². The number of nitrogens with zero attached hydrogens (tertiary/aromatic N) is 1. The van der Waals surface area contributed by atoms with Crippen LogP contribution in [0.5, 0.6) is 0 Å². The van der Waals surface area contributed by atoms with E-state index in [9.17, 15) is 4.79 Å².